The predicted octanol–water partition coefficient (Wildman–Crippen LogP) is -0.646. The van der Waals surface area contributed by atoms with Crippen molar-refractivity contribution >= 4 is 35.8 Å². The Labute approximate surface area is 468 Å². The average molecular weight is 1160 g/mol. The second-order valence-corrected chi connectivity index (χ2v) is 19.4. The molecule has 0 aliphatic carbocycles. The first-order chi connectivity index (χ1) is 38.2. The first-order valence-electron chi connectivity index (χ1n) is 26.1. The quantitative estimate of drug-likeness (QED) is 0.0379. The summed E-state index contributed by atoms with van der Waals surface area (Å²) in [6.45, 7) is 14.7. The van der Waals surface area contributed by atoms with Crippen molar-refractivity contribution in [1.82, 2.24) is 0 Å². The van der Waals surface area contributed by atoms with Crippen LogP contribution in [0, 0.1) is 0 Å². The van der Waals surface area contributed by atoms with Crippen LogP contribution in [-0.2, 0) is 90.3 Å². The fourth-order valence-corrected chi connectivity index (χ4v) is 7.85. The smallest absolute Gasteiger partial charge is 0.333 e. The molecule has 4 heterocycles. The molecular weight excluding hydrogens is 1080 g/mol. The van der Waals surface area contributed by atoms with Crippen molar-refractivity contribution < 1.29 is 131 Å². The predicted molar refractivity (Wildman–Crippen MR) is 274 cm³/mol. The van der Waals surface area contributed by atoms with Crippen molar-refractivity contribution in [3.8, 4) is 0 Å². The molecule has 20 unspecified atom stereocenters. The lowest BCUT2D eigenvalue weighted by molar-refractivity contribution is -0.414. The number of aliphatic hydroxyl groups excluding tert-OH is 8. The largest absolute Gasteiger partial charge is 0.459 e. The minimum Gasteiger partial charge on any atom is -0.459 e. The van der Waals surface area contributed by atoms with Crippen LogP contribution in [0.2, 0.25) is 0 Å². The first kappa shape index (κ1) is 68.2. The monoisotopic (exact) mass is 1160 g/mol. The standard InChI is InChI=1S/C54H78O27/c1-13-23(7)45(63)69-19-29-33(55)36(58)39(61)51(73-29)79-43-37(59)34(56)30(20-70-46(64)24(8)14-2)74-53(43)81-54-44(38(60)35(57)31(75-54)21-71-47(65)25(9)15-3)80-52-40(62)42(78-50(68)28(12)18-6)41(77-49(67)27(11)17-5)32(76-52)22-72-48(66)26(10)16-4/h13-18,29-44,51-62H,19-22H2,1-12H3/b23-13+,24-14+,25-15+,26-16+,27-17+,28-18+. The number of ether oxygens (including phenoxy) is 13. The molecule has 20 atom stereocenters. The molecule has 81 heavy (non-hydrogen) atoms. The van der Waals surface area contributed by atoms with Crippen LogP contribution in [0.15, 0.2) is 69.9 Å². The van der Waals surface area contributed by atoms with Crippen LogP contribution in [0.4, 0.5) is 0 Å². The first-order valence-corrected chi connectivity index (χ1v) is 26.1. The molecule has 4 fully saturated rings. The number of hydrogen-bond acceptors (Lipinski definition) is 27. The Hall–Kier alpha value is -5.34. The molecule has 4 aliphatic heterocycles. The summed E-state index contributed by atoms with van der Waals surface area (Å²) in [5.41, 5.74) is 0.648. The second-order valence-electron chi connectivity index (χ2n) is 19.4. The molecular formula is C54H78O27. The fraction of sp³-hybridized carbons (Fsp3) is 0.667. The van der Waals surface area contributed by atoms with Crippen LogP contribution in [0.1, 0.15) is 83.1 Å². The molecule has 0 aromatic heterocycles. The van der Waals surface area contributed by atoms with E-state index in [4.69, 9.17) is 61.6 Å². The van der Waals surface area contributed by atoms with E-state index in [1.165, 1.54) is 91.8 Å². The van der Waals surface area contributed by atoms with E-state index in [2.05, 4.69) is 0 Å². The molecule has 0 radical (unpaired) electrons. The van der Waals surface area contributed by atoms with Crippen molar-refractivity contribution in [1.29, 1.82) is 0 Å². The summed E-state index contributed by atoms with van der Waals surface area (Å²) < 4.78 is 75.6. The zero-order chi connectivity index (χ0) is 60.7. The maximum atomic E-state index is 13.5. The Morgan fingerprint density at radius 2 is 0.580 bits per heavy atom. The molecule has 4 aliphatic rings. The lowest BCUT2D eigenvalue weighted by Crippen LogP contribution is -2.68. The molecule has 0 aromatic carbocycles. The van der Waals surface area contributed by atoms with Gasteiger partial charge in [0.1, 0.15) is 112 Å². The van der Waals surface area contributed by atoms with Crippen LogP contribution in [0.25, 0.3) is 0 Å². The summed E-state index contributed by atoms with van der Waals surface area (Å²) >= 11 is 0. The number of rotatable bonds is 22. The van der Waals surface area contributed by atoms with Gasteiger partial charge in [0.2, 0.25) is 0 Å². The van der Waals surface area contributed by atoms with Gasteiger partial charge in [-0.2, -0.15) is 0 Å². The highest BCUT2D eigenvalue weighted by Crippen LogP contribution is 2.37. The maximum absolute atomic E-state index is 13.5. The van der Waals surface area contributed by atoms with Crippen molar-refractivity contribution in [3.05, 3.63) is 69.9 Å². The van der Waals surface area contributed by atoms with Gasteiger partial charge in [-0.05, 0) is 83.1 Å². The van der Waals surface area contributed by atoms with Crippen molar-refractivity contribution in [2.24, 2.45) is 0 Å². The van der Waals surface area contributed by atoms with E-state index in [9.17, 15) is 69.6 Å². The Morgan fingerprint density at radius 3 is 0.926 bits per heavy atom. The Bertz CT molecular complexity index is 2370. The van der Waals surface area contributed by atoms with Gasteiger partial charge in [-0.1, -0.05) is 36.5 Å². The Morgan fingerprint density at radius 1 is 0.309 bits per heavy atom. The zero-order valence-electron chi connectivity index (χ0n) is 47.2. The molecule has 0 saturated carbocycles. The van der Waals surface area contributed by atoms with Gasteiger partial charge in [-0.25, -0.2) is 28.8 Å². The Balaban J connectivity index is 1.87. The molecule has 0 aromatic rings. The molecule has 4 rings (SSSR count). The number of hydrogen-bond donors (Lipinski definition) is 8. The highest BCUT2D eigenvalue weighted by Gasteiger charge is 2.57. The summed E-state index contributed by atoms with van der Waals surface area (Å²) in [7, 11) is 0. The number of carbonyl (C=O) groups is 6. The summed E-state index contributed by atoms with van der Waals surface area (Å²) in [5.74, 6) is -5.44. The molecule has 4 saturated heterocycles. The van der Waals surface area contributed by atoms with Gasteiger partial charge < -0.3 is 102 Å². The zero-order valence-corrected chi connectivity index (χ0v) is 47.2. The number of allylic oxidation sites excluding steroid dienone is 6. The minimum absolute atomic E-state index is 0.0217. The van der Waals surface area contributed by atoms with Gasteiger partial charge in [-0.3, -0.25) is 0 Å². The number of aliphatic hydroxyl groups is 8. The van der Waals surface area contributed by atoms with Crippen molar-refractivity contribution in [3.63, 3.8) is 0 Å². The van der Waals surface area contributed by atoms with Crippen LogP contribution < -0.4 is 0 Å². The summed E-state index contributed by atoms with van der Waals surface area (Å²) in [6, 6.07) is 0. The van der Waals surface area contributed by atoms with Crippen LogP contribution in [-0.4, -0.2) is 226 Å². The third-order valence-corrected chi connectivity index (χ3v) is 14.0. The van der Waals surface area contributed by atoms with Crippen LogP contribution in [0.5, 0.6) is 0 Å². The highest BCUT2D eigenvalue weighted by molar-refractivity contribution is 5.90. The minimum atomic E-state index is -2.24. The lowest BCUT2D eigenvalue weighted by Gasteiger charge is -2.49. The summed E-state index contributed by atoms with van der Waals surface area (Å²) in [5, 5.41) is 92.3. The van der Waals surface area contributed by atoms with E-state index in [0.29, 0.717) is 0 Å². The normalized spacial score (nSPS) is 35.6. The van der Waals surface area contributed by atoms with Crippen LogP contribution in [0.3, 0.4) is 0 Å². The van der Waals surface area contributed by atoms with E-state index >= 15 is 0 Å². The number of esters is 6. The van der Waals surface area contributed by atoms with Gasteiger partial charge in [-0.15, -0.1) is 0 Å². The molecule has 27 heteroatoms. The van der Waals surface area contributed by atoms with E-state index in [-0.39, 0.29) is 33.4 Å². The number of carbonyl (C=O) groups excluding carboxylic acids is 6. The van der Waals surface area contributed by atoms with Gasteiger partial charge in [0.25, 0.3) is 0 Å². The van der Waals surface area contributed by atoms with E-state index in [1.54, 1.807) is 27.7 Å². The lowest BCUT2D eigenvalue weighted by atomic mass is 9.96. The van der Waals surface area contributed by atoms with Crippen molar-refractivity contribution in [2.45, 2.75) is 206 Å². The molecule has 0 spiro atoms. The molecule has 27 nitrogen and oxygen atoms in total. The maximum Gasteiger partial charge on any atom is 0.333 e. The molecule has 8 N–H and O–H groups in total. The SMILES string of the molecule is C/C=C(\C)C(=O)OCC1OC(OC2C(OC3OC(COC(=O)/C(C)=C/C)C(O)C(O)C3OC3OC(COC(=O)/C(C)=C/C)C(OC(=O)/C(C)=C/C)C(OC(=O)/C(C)=C/C)C3O)OC(COC(=O)/C(C)=C/C)C(O)C2O)C(O)C(O)C1O. The average Bonchev–Trinajstić information content (AvgIpc) is 3.57. The molecule has 0 amide bonds. The van der Waals surface area contributed by atoms with E-state index < -0.39 is 185 Å². The molecule has 456 valence electrons. The topological polar surface area (TPSA) is 384 Å². The fourth-order valence-electron chi connectivity index (χ4n) is 7.85. The van der Waals surface area contributed by atoms with E-state index in [0.717, 1.165) is 0 Å². The second kappa shape index (κ2) is 31.4. The van der Waals surface area contributed by atoms with E-state index in [1.807, 2.05) is 0 Å². The van der Waals surface area contributed by atoms with Gasteiger partial charge >= 0.3 is 35.8 Å². The third kappa shape index (κ3) is 17.4. The van der Waals surface area contributed by atoms with Gasteiger partial charge in [0.15, 0.2) is 37.4 Å². The van der Waals surface area contributed by atoms with Crippen molar-refractivity contribution in [2.75, 3.05) is 26.4 Å². The summed E-state index contributed by atoms with van der Waals surface area (Å²) in [4.78, 5) is 78.1. The highest BCUT2D eigenvalue weighted by atomic mass is 16.8. The van der Waals surface area contributed by atoms with Crippen LogP contribution >= 0.6 is 0 Å². The Kier molecular flexibility index (Phi) is 26.4. The third-order valence-electron chi connectivity index (χ3n) is 14.0. The van der Waals surface area contributed by atoms with Gasteiger partial charge in [0.05, 0.1) is 0 Å². The molecule has 0 bridgehead atoms. The van der Waals surface area contributed by atoms with Gasteiger partial charge in [0, 0.05) is 33.4 Å². The summed E-state index contributed by atoms with van der Waals surface area (Å²) in [6.07, 6.45) is -31.7.